The van der Waals surface area contributed by atoms with Crippen LogP contribution in [-0.2, 0) is 0 Å². The quantitative estimate of drug-likeness (QED) is 0.307. The highest BCUT2D eigenvalue weighted by Crippen LogP contribution is 2.09. The van der Waals surface area contributed by atoms with Gasteiger partial charge in [-0.3, -0.25) is 5.43 Å². The summed E-state index contributed by atoms with van der Waals surface area (Å²) in [7, 11) is 0. The number of anilines is 2. The van der Waals surface area contributed by atoms with Gasteiger partial charge in [-0.25, -0.2) is 10.8 Å². The zero-order valence-corrected chi connectivity index (χ0v) is 10.2. The average molecular weight is 239 g/mol. The molecule has 0 atom stereocenters. The predicted molar refractivity (Wildman–Crippen MR) is 68.6 cm³/mol. The van der Waals surface area contributed by atoms with E-state index in [1.54, 1.807) is 0 Å². The van der Waals surface area contributed by atoms with Crippen LogP contribution in [0.5, 0.6) is 0 Å². The fraction of sp³-hybridized carbons (Fsp3) is 0.636. The van der Waals surface area contributed by atoms with Crippen LogP contribution in [0.25, 0.3) is 0 Å². The Morgan fingerprint density at radius 1 is 1.24 bits per heavy atom. The van der Waals surface area contributed by atoms with Crippen molar-refractivity contribution < 1.29 is 5.11 Å². The molecular weight excluding hydrogens is 218 g/mol. The Morgan fingerprint density at radius 2 is 2.00 bits per heavy atom. The third kappa shape index (κ3) is 5.46. The van der Waals surface area contributed by atoms with Crippen molar-refractivity contribution in [3.63, 3.8) is 0 Å². The fourth-order valence-corrected chi connectivity index (χ4v) is 1.53. The molecule has 0 fully saturated rings. The number of nitrogens with two attached hydrogens (primary N) is 1. The number of nitrogen functional groups attached to an aromatic ring is 1. The smallest absolute Gasteiger partial charge is 0.239 e. The van der Waals surface area contributed by atoms with E-state index in [9.17, 15) is 0 Å². The zero-order valence-electron chi connectivity index (χ0n) is 10.2. The van der Waals surface area contributed by atoms with Gasteiger partial charge >= 0.3 is 0 Å². The Hall–Kier alpha value is -1.40. The number of aryl methyl sites for hydroxylation is 1. The number of nitrogens with one attached hydrogen (secondary N) is 2. The zero-order chi connectivity index (χ0) is 12.5. The molecule has 1 heterocycles. The van der Waals surface area contributed by atoms with Crippen molar-refractivity contribution in [2.24, 2.45) is 5.84 Å². The first kappa shape index (κ1) is 13.7. The lowest BCUT2D eigenvalue weighted by atomic mass is 10.2. The lowest BCUT2D eigenvalue weighted by Crippen LogP contribution is -2.13. The van der Waals surface area contributed by atoms with E-state index in [0.29, 0.717) is 5.95 Å². The van der Waals surface area contributed by atoms with Crippen molar-refractivity contribution in [1.82, 2.24) is 9.97 Å². The summed E-state index contributed by atoms with van der Waals surface area (Å²) < 4.78 is 0. The molecule has 96 valence electrons. The van der Waals surface area contributed by atoms with Crippen molar-refractivity contribution in [2.75, 3.05) is 23.9 Å². The second kappa shape index (κ2) is 7.81. The summed E-state index contributed by atoms with van der Waals surface area (Å²) in [6.07, 6.45) is 4.12. The van der Waals surface area contributed by atoms with Crippen LogP contribution in [0.3, 0.4) is 0 Å². The molecule has 0 radical (unpaired) electrons. The topological polar surface area (TPSA) is 96.1 Å². The summed E-state index contributed by atoms with van der Waals surface area (Å²) in [5.41, 5.74) is 3.31. The highest BCUT2D eigenvalue weighted by molar-refractivity contribution is 5.41. The summed E-state index contributed by atoms with van der Waals surface area (Å²) >= 11 is 0. The molecule has 0 spiro atoms. The van der Waals surface area contributed by atoms with Gasteiger partial charge in [0.25, 0.3) is 0 Å². The molecule has 0 bridgehead atoms. The van der Waals surface area contributed by atoms with Gasteiger partial charge in [0.15, 0.2) is 0 Å². The number of aromatic nitrogens is 2. The van der Waals surface area contributed by atoms with Gasteiger partial charge in [-0.2, -0.15) is 4.98 Å². The molecule has 0 aliphatic heterocycles. The fourth-order valence-electron chi connectivity index (χ4n) is 1.53. The average Bonchev–Trinajstić information content (AvgIpc) is 2.33. The van der Waals surface area contributed by atoms with Gasteiger partial charge in [-0.15, -0.1) is 0 Å². The minimum absolute atomic E-state index is 0.282. The predicted octanol–water partition coefficient (Wildman–Crippen LogP) is 1.04. The molecule has 0 aliphatic carbocycles. The Kier molecular flexibility index (Phi) is 6.27. The van der Waals surface area contributed by atoms with Crippen LogP contribution in [0.15, 0.2) is 6.07 Å². The molecule has 1 rings (SSSR count). The summed E-state index contributed by atoms with van der Waals surface area (Å²) in [6, 6.07) is 1.88. The van der Waals surface area contributed by atoms with Crippen LogP contribution in [0, 0.1) is 6.92 Å². The van der Waals surface area contributed by atoms with Gasteiger partial charge < -0.3 is 10.4 Å². The number of nitrogens with zero attached hydrogens (tertiary/aromatic N) is 2. The molecule has 5 N–H and O–H groups in total. The molecule has 6 nitrogen and oxygen atoms in total. The van der Waals surface area contributed by atoms with Crippen LogP contribution >= 0.6 is 0 Å². The number of aliphatic hydroxyl groups excluding tert-OH is 1. The summed E-state index contributed by atoms with van der Waals surface area (Å²) in [5, 5.41) is 11.9. The molecule has 0 amide bonds. The molecule has 1 aromatic rings. The first-order chi connectivity index (χ1) is 8.26. The molecule has 0 aromatic carbocycles. The number of unbranched alkanes of at least 4 members (excludes halogenated alkanes) is 3. The second-order valence-electron chi connectivity index (χ2n) is 3.93. The number of rotatable bonds is 8. The minimum Gasteiger partial charge on any atom is -0.396 e. The summed E-state index contributed by atoms with van der Waals surface area (Å²) in [6.45, 7) is 3.05. The van der Waals surface area contributed by atoms with E-state index in [0.717, 1.165) is 43.7 Å². The number of hydrogen-bond acceptors (Lipinski definition) is 6. The maximum absolute atomic E-state index is 8.64. The van der Waals surface area contributed by atoms with Crippen molar-refractivity contribution >= 4 is 11.8 Å². The normalized spacial score (nSPS) is 10.3. The van der Waals surface area contributed by atoms with Crippen LogP contribution < -0.4 is 16.6 Å². The van der Waals surface area contributed by atoms with Crippen molar-refractivity contribution in [1.29, 1.82) is 0 Å². The molecule has 17 heavy (non-hydrogen) atoms. The first-order valence-electron chi connectivity index (χ1n) is 5.93. The first-order valence-corrected chi connectivity index (χ1v) is 5.93. The van der Waals surface area contributed by atoms with Gasteiger partial charge in [0.05, 0.1) is 0 Å². The van der Waals surface area contributed by atoms with Gasteiger partial charge in [0, 0.05) is 24.9 Å². The van der Waals surface area contributed by atoms with E-state index >= 15 is 0 Å². The summed E-state index contributed by atoms with van der Waals surface area (Å²) in [5.74, 6) is 6.48. The maximum atomic E-state index is 8.64. The maximum Gasteiger partial charge on any atom is 0.239 e. The molecular formula is C11H21N5O. The van der Waals surface area contributed by atoms with E-state index in [2.05, 4.69) is 20.7 Å². The Labute approximate surface area is 102 Å². The highest BCUT2D eigenvalue weighted by atomic mass is 16.2. The monoisotopic (exact) mass is 239 g/mol. The molecule has 0 saturated heterocycles. The Bertz CT molecular complexity index is 332. The lowest BCUT2D eigenvalue weighted by Gasteiger charge is -2.07. The van der Waals surface area contributed by atoms with Gasteiger partial charge in [0.2, 0.25) is 5.95 Å². The van der Waals surface area contributed by atoms with Gasteiger partial charge in [-0.1, -0.05) is 12.8 Å². The second-order valence-corrected chi connectivity index (χ2v) is 3.93. The molecule has 6 heteroatoms. The van der Waals surface area contributed by atoms with Crippen LogP contribution in [0.4, 0.5) is 11.8 Å². The van der Waals surface area contributed by atoms with Crippen molar-refractivity contribution in [3.05, 3.63) is 11.8 Å². The van der Waals surface area contributed by atoms with Gasteiger partial charge in [-0.05, 0) is 19.8 Å². The Morgan fingerprint density at radius 3 is 2.71 bits per heavy atom. The number of aliphatic hydroxyl groups is 1. The van der Waals surface area contributed by atoms with E-state index in [4.69, 9.17) is 10.9 Å². The minimum atomic E-state index is 0.282. The molecule has 0 saturated carbocycles. The number of hydrogen-bond donors (Lipinski definition) is 4. The molecule has 0 unspecified atom stereocenters. The van der Waals surface area contributed by atoms with Gasteiger partial charge in [0.1, 0.15) is 5.82 Å². The standard InChI is InChI=1S/C11H21N5O/c1-9-8-10(15-11(14-9)16-12)13-6-4-2-3-5-7-17/h8,17H,2-7,12H2,1H3,(H2,13,14,15,16). The van der Waals surface area contributed by atoms with Crippen LogP contribution in [-0.4, -0.2) is 28.2 Å². The van der Waals surface area contributed by atoms with E-state index in [-0.39, 0.29) is 6.61 Å². The highest BCUT2D eigenvalue weighted by Gasteiger charge is 1.99. The molecule has 1 aromatic heterocycles. The van der Waals surface area contributed by atoms with E-state index in [1.807, 2.05) is 13.0 Å². The van der Waals surface area contributed by atoms with Crippen LogP contribution in [0.1, 0.15) is 31.4 Å². The summed E-state index contributed by atoms with van der Waals surface area (Å²) in [4.78, 5) is 8.29. The Balaban J connectivity index is 2.28. The van der Waals surface area contributed by atoms with Crippen LogP contribution in [0.2, 0.25) is 0 Å². The third-order valence-electron chi connectivity index (χ3n) is 2.37. The largest absolute Gasteiger partial charge is 0.396 e. The third-order valence-corrected chi connectivity index (χ3v) is 2.37. The van der Waals surface area contributed by atoms with Crippen molar-refractivity contribution in [3.8, 4) is 0 Å². The van der Waals surface area contributed by atoms with E-state index < -0.39 is 0 Å². The molecule has 0 aliphatic rings. The number of hydrazine groups is 1. The van der Waals surface area contributed by atoms with Crippen molar-refractivity contribution in [2.45, 2.75) is 32.6 Å². The SMILES string of the molecule is Cc1cc(NCCCCCCO)nc(NN)n1. The van der Waals surface area contributed by atoms with E-state index in [1.165, 1.54) is 0 Å². The lowest BCUT2D eigenvalue weighted by molar-refractivity contribution is 0.283.